The van der Waals surface area contributed by atoms with Gasteiger partial charge in [0.25, 0.3) is 0 Å². The topological polar surface area (TPSA) is 48.2 Å². The maximum atomic E-state index is 9.17. The molecule has 0 unspecified atom stereocenters. The standard InChI is InChI=1S/C10H11BN2O2/c14-11(15)13-9-5-2-6-10(13)12-7-3-1-4-8-12/h1-9,14-15H/q+2. The van der Waals surface area contributed by atoms with Crippen molar-refractivity contribution in [2.24, 2.45) is 0 Å². The van der Waals surface area contributed by atoms with Crippen LogP contribution < -0.4 is 9.05 Å². The summed E-state index contributed by atoms with van der Waals surface area (Å²) in [5, 5.41) is 18.3. The van der Waals surface area contributed by atoms with Crippen molar-refractivity contribution in [1.82, 2.24) is 0 Å². The average Bonchev–Trinajstić information content (AvgIpc) is 2.30. The highest BCUT2D eigenvalue weighted by atomic mass is 16.4. The summed E-state index contributed by atoms with van der Waals surface area (Å²) in [6.45, 7) is 0. The van der Waals surface area contributed by atoms with E-state index in [2.05, 4.69) is 0 Å². The highest BCUT2D eigenvalue weighted by Gasteiger charge is 2.33. The van der Waals surface area contributed by atoms with Crippen LogP contribution in [-0.4, -0.2) is 17.3 Å². The molecule has 74 valence electrons. The van der Waals surface area contributed by atoms with E-state index in [1.165, 1.54) is 4.48 Å². The van der Waals surface area contributed by atoms with E-state index in [9.17, 15) is 10.0 Å². The van der Waals surface area contributed by atoms with Crippen LogP contribution in [0.2, 0.25) is 0 Å². The predicted molar refractivity (Wildman–Crippen MR) is 53.8 cm³/mol. The molecule has 0 saturated carbocycles. The van der Waals surface area contributed by atoms with E-state index in [-0.39, 0.29) is 0 Å². The maximum absolute atomic E-state index is 9.17. The normalized spacial score (nSPS) is 10.0. The molecule has 0 aliphatic heterocycles. The van der Waals surface area contributed by atoms with Crippen molar-refractivity contribution in [3.8, 4) is 5.82 Å². The van der Waals surface area contributed by atoms with Gasteiger partial charge in [0.1, 0.15) is 0 Å². The second-order valence-electron chi connectivity index (χ2n) is 3.10. The summed E-state index contributed by atoms with van der Waals surface area (Å²) in [5.74, 6) is 0.688. The number of hydrogen-bond acceptors (Lipinski definition) is 2. The lowest BCUT2D eigenvalue weighted by atomic mass is 10.1. The Morgan fingerprint density at radius 2 is 1.53 bits per heavy atom. The van der Waals surface area contributed by atoms with E-state index in [1.54, 1.807) is 22.9 Å². The third kappa shape index (κ3) is 2.03. The maximum Gasteiger partial charge on any atom is 0.849 e. The first-order valence-electron chi connectivity index (χ1n) is 4.62. The Kier molecular flexibility index (Phi) is 2.76. The zero-order valence-electron chi connectivity index (χ0n) is 8.06. The van der Waals surface area contributed by atoms with Gasteiger partial charge in [0.15, 0.2) is 18.6 Å². The third-order valence-electron chi connectivity index (χ3n) is 2.10. The van der Waals surface area contributed by atoms with Gasteiger partial charge in [-0.2, -0.15) is 4.48 Å². The number of rotatable bonds is 2. The first kappa shape index (κ1) is 9.83. The van der Waals surface area contributed by atoms with Gasteiger partial charge in [-0.15, -0.1) is 4.57 Å². The zero-order chi connectivity index (χ0) is 10.7. The molecule has 2 heterocycles. The highest BCUT2D eigenvalue weighted by molar-refractivity contribution is 6.30. The van der Waals surface area contributed by atoms with Crippen molar-refractivity contribution in [3.05, 3.63) is 55.0 Å². The molecule has 0 amide bonds. The largest absolute Gasteiger partial charge is 0.849 e. The molecule has 15 heavy (non-hydrogen) atoms. The van der Waals surface area contributed by atoms with Gasteiger partial charge < -0.3 is 10.0 Å². The summed E-state index contributed by atoms with van der Waals surface area (Å²) in [5.41, 5.74) is 0. The Morgan fingerprint density at radius 1 is 0.867 bits per heavy atom. The fourth-order valence-corrected chi connectivity index (χ4v) is 1.41. The Bertz CT molecular complexity index is 448. The van der Waals surface area contributed by atoms with Crippen LogP contribution >= 0.6 is 0 Å². The van der Waals surface area contributed by atoms with Crippen LogP contribution in [-0.2, 0) is 0 Å². The summed E-state index contributed by atoms with van der Waals surface area (Å²) in [6.07, 6.45) is 5.29. The van der Waals surface area contributed by atoms with Crippen molar-refractivity contribution in [1.29, 1.82) is 0 Å². The van der Waals surface area contributed by atoms with E-state index in [0.717, 1.165) is 0 Å². The molecular weight excluding hydrogens is 191 g/mol. The van der Waals surface area contributed by atoms with Crippen LogP contribution in [0.5, 0.6) is 0 Å². The van der Waals surface area contributed by atoms with Crippen molar-refractivity contribution in [2.45, 2.75) is 0 Å². The van der Waals surface area contributed by atoms with E-state index in [0.29, 0.717) is 5.82 Å². The predicted octanol–water partition coefficient (Wildman–Crippen LogP) is -0.932. The first-order chi connectivity index (χ1) is 7.29. The fraction of sp³-hybridized carbons (Fsp3) is 0. The minimum Gasteiger partial charge on any atom is -0.361 e. The molecule has 2 rings (SSSR count). The van der Waals surface area contributed by atoms with Crippen LogP contribution in [0.25, 0.3) is 5.82 Å². The van der Waals surface area contributed by atoms with E-state index in [4.69, 9.17) is 0 Å². The van der Waals surface area contributed by atoms with Crippen molar-refractivity contribution < 1.29 is 19.1 Å². The molecule has 2 N–H and O–H groups in total. The molecule has 0 atom stereocenters. The summed E-state index contributed by atoms with van der Waals surface area (Å²) < 4.78 is 3.17. The van der Waals surface area contributed by atoms with Crippen LogP contribution in [0.15, 0.2) is 55.0 Å². The zero-order valence-corrected chi connectivity index (χ0v) is 8.06. The van der Waals surface area contributed by atoms with E-state index >= 15 is 0 Å². The van der Waals surface area contributed by atoms with Gasteiger partial charge in [-0.25, -0.2) is 0 Å². The van der Waals surface area contributed by atoms with Gasteiger partial charge in [-0.1, -0.05) is 6.07 Å². The second-order valence-corrected chi connectivity index (χ2v) is 3.10. The van der Waals surface area contributed by atoms with Crippen molar-refractivity contribution in [2.75, 3.05) is 0 Å². The molecular formula is C10H11BN2O2+2. The summed E-state index contributed by atoms with van der Waals surface area (Å²) in [7, 11) is -1.53. The lowest BCUT2D eigenvalue weighted by molar-refractivity contribution is -0.724. The first-order valence-corrected chi connectivity index (χ1v) is 4.62. The lowest BCUT2D eigenvalue weighted by Gasteiger charge is -1.96. The number of pyridine rings is 2. The SMILES string of the molecule is OB(O)[n+]1ccccc1-[n+]1ccccc1. The Hall–Kier alpha value is -1.72. The Morgan fingerprint density at radius 3 is 2.20 bits per heavy atom. The molecule has 0 spiro atoms. The molecule has 0 saturated heterocycles. The summed E-state index contributed by atoms with van der Waals surface area (Å²) in [4.78, 5) is 0. The molecule has 0 radical (unpaired) electrons. The van der Waals surface area contributed by atoms with Crippen LogP contribution in [0, 0.1) is 0 Å². The third-order valence-corrected chi connectivity index (χ3v) is 2.10. The van der Waals surface area contributed by atoms with Gasteiger partial charge in [0, 0.05) is 18.2 Å². The van der Waals surface area contributed by atoms with Crippen LogP contribution in [0.3, 0.4) is 0 Å². The van der Waals surface area contributed by atoms with Gasteiger partial charge in [0.05, 0.1) is 6.07 Å². The van der Waals surface area contributed by atoms with Gasteiger partial charge >= 0.3 is 13.1 Å². The van der Waals surface area contributed by atoms with Crippen LogP contribution in [0.4, 0.5) is 0 Å². The molecule has 0 bridgehead atoms. The molecule has 0 fully saturated rings. The van der Waals surface area contributed by atoms with Crippen molar-refractivity contribution in [3.63, 3.8) is 0 Å². The monoisotopic (exact) mass is 202 g/mol. The molecule has 5 heteroatoms. The van der Waals surface area contributed by atoms with Gasteiger partial charge in [-0.05, 0) is 6.07 Å². The van der Waals surface area contributed by atoms with E-state index < -0.39 is 7.25 Å². The smallest absolute Gasteiger partial charge is 0.361 e. The summed E-state index contributed by atoms with van der Waals surface area (Å²) in [6, 6.07) is 11.0. The lowest BCUT2D eigenvalue weighted by Crippen LogP contribution is -2.59. The number of aromatic nitrogens is 2. The molecule has 4 nitrogen and oxygen atoms in total. The summed E-state index contributed by atoms with van der Waals surface area (Å²) >= 11 is 0. The Balaban J connectivity index is 2.53. The minimum atomic E-state index is -1.53. The van der Waals surface area contributed by atoms with E-state index in [1.807, 2.05) is 36.7 Å². The van der Waals surface area contributed by atoms with Gasteiger partial charge in [0.2, 0.25) is 0 Å². The van der Waals surface area contributed by atoms with Crippen molar-refractivity contribution >= 4 is 7.25 Å². The number of hydrogen-bond donors (Lipinski definition) is 2. The second kappa shape index (κ2) is 4.21. The molecule has 0 aliphatic rings. The van der Waals surface area contributed by atoms with Gasteiger partial charge in [-0.3, -0.25) is 0 Å². The van der Waals surface area contributed by atoms with Crippen LogP contribution in [0.1, 0.15) is 0 Å². The average molecular weight is 202 g/mol. The fourth-order valence-electron chi connectivity index (χ4n) is 1.41. The minimum absolute atomic E-state index is 0.688. The molecule has 2 aromatic rings. The molecule has 0 aromatic carbocycles. The quantitative estimate of drug-likeness (QED) is 0.488. The molecule has 0 aliphatic carbocycles. The number of nitrogens with zero attached hydrogens (tertiary/aromatic N) is 2. The molecule has 2 aromatic heterocycles. The Labute approximate surface area is 87.9 Å². The highest BCUT2D eigenvalue weighted by Crippen LogP contribution is 1.90.